The smallest absolute Gasteiger partial charge is 0.206 e. The SMILES string of the molecule is O=C(CCc1ccc(S(=O)(=O)c2cccc(Cl)c2)cc1)c1ccc2nccn2c1. The number of sulfone groups is 1. The van der Waals surface area contributed by atoms with Gasteiger partial charge in [-0.1, -0.05) is 29.8 Å². The minimum absolute atomic E-state index is 0.0243. The van der Waals surface area contributed by atoms with Crippen LogP contribution in [-0.2, 0) is 16.3 Å². The van der Waals surface area contributed by atoms with Crippen molar-refractivity contribution in [3.8, 4) is 0 Å². The van der Waals surface area contributed by atoms with Crippen LogP contribution in [0.1, 0.15) is 22.3 Å². The lowest BCUT2D eigenvalue weighted by Crippen LogP contribution is -2.04. The van der Waals surface area contributed by atoms with Crippen molar-refractivity contribution in [2.24, 2.45) is 0 Å². The standard InChI is InChI=1S/C22H17ClN2O3S/c23-18-2-1-3-20(14-18)29(27,28)19-8-4-16(5-9-19)6-10-21(26)17-7-11-22-24-12-13-25(22)15-17/h1-5,7-9,11-15H,6,10H2. The number of aryl methyl sites for hydroxylation is 1. The van der Waals surface area contributed by atoms with Gasteiger partial charge in [0.15, 0.2) is 5.78 Å². The van der Waals surface area contributed by atoms with Gasteiger partial charge < -0.3 is 4.40 Å². The second-order valence-corrected chi connectivity index (χ2v) is 9.02. The minimum Gasteiger partial charge on any atom is -0.306 e. The highest BCUT2D eigenvalue weighted by molar-refractivity contribution is 7.91. The zero-order valence-corrected chi connectivity index (χ0v) is 16.9. The fourth-order valence-corrected chi connectivity index (χ4v) is 4.65. The average Bonchev–Trinajstić information content (AvgIpc) is 3.20. The van der Waals surface area contributed by atoms with Crippen molar-refractivity contribution < 1.29 is 13.2 Å². The summed E-state index contributed by atoms with van der Waals surface area (Å²) in [6.45, 7) is 0. The normalized spacial score (nSPS) is 11.6. The van der Waals surface area contributed by atoms with Crippen molar-refractivity contribution >= 4 is 32.9 Å². The van der Waals surface area contributed by atoms with E-state index in [2.05, 4.69) is 4.98 Å². The fourth-order valence-electron chi connectivity index (χ4n) is 3.09. The number of pyridine rings is 1. The molecule has 0 amide bonds. The van der Waals surface area contributed by atoms with Crippen LogP contribution in [0.4, 0.5) is 0 Å². The largest absolute Gasteiger partial charge is 0.306 e. The monoisotopic (exact) mass is 424 g/mol. The number of nitrogens with zero attached hydrogens (tertiary/aromatic N) is 2. The van der Waals surface area contributed by atoms with Gasteiger partial charge in [0.25, 0.3) is 0 Å². The van der Waals surface area contributed by atoms with Crippen LogP contribution in [0.25, 0.3) is 5.65 Å². The van der Waals surface area contributed by atoms with Crippen molar-refractivity contribution in [1.82, 2.24) is 9.38 Å². The Bertz CT molecular complexity index is 1300. The molecule has 4 rings (SSSR count). The number of hydrogen-bond donors (Lipinski definition) is 0. The molecule has 0 aliphatic carbocycles. The van der Waals surface area contributed by atoms with Crippen molar-refractivity contribution in [1.29, 1.82) is 0 Å². The van der Waals surface area contributed by atoms with Crippen LogP contribution >= 0.6 is 11.6 Å². The maximum Gasteiger partial charge on any atom is 0.206 e. The maximum absolute atomic E-state index is 12.7. The molecule has 2 aromatic carbocycles. The van der Waals surface area contributed by atoms with Gasteiger partial charge in [0.2, 0.25) is 9.84 Å². The molecule has 0 saturated heterocycles. The highest BCUT2D eigenvalue weighted by Crippen LogP contribution is 2.24. The number of imidazole rings is 1. The molecule has 0 radical (unpaired) electrons. The lowest BCUT2D eigenvalue weighted by atomic mass is 10.0. The van der Waals surface area contributed by atoms with Crippen LogP contribution in [0.15, 0.2) is 89.0 Å². The summed E-state index contributed by atoms with van der Waals surface area (Å²) in [6, 6.07) is 16.4. The van der Waals surface area contributed by atoms with Crippen LogP contribution < -0.4 is 0 Å². The molecule has 2 heterocycles. The second-order valence-electron chi connectivity index (χ2n) is 6.64. The first-order valence-electron chi connectivity index (χ1n) is 8.99. The summed E-state index contributed by atoms with van der Waals surface area (Å²) in [4.78, 5) is 17.0. The first-order chi connectivity index (χ1) is 13.9. The number of carbonyl (C=O) groups is 1. The minimum atomic E-state index is -3.63. The molecule has 0 bridgehead atoms. The molecule has 0 aliphatic heterocycles. The molecule has 0 unspecified atom stereocenters. The molecule has 0 aliphatic rings. The Balaban J connectivity index is 1.46. The quantitative estimate of drug-likeness (QED) is 0.423. The molecule has 29 heavy (non-hydrogen) atoms. The number of fused-ring (bicyclic) bond motifs is 1. The molecule has 7 heteroatoms. The number of rotatable bonds is 6. The van der Waals surface area contributed by atoms with E-state index in [4.69, 9.17) is 11.6 Å². The van der Waals surface area contributed by atoms with E-state index in [-0.39, 0.29) is 15.6 Å². The highest BCUT2D eigenvalue weighted by Gasteiger charge is 2.18. The molecule has 0 saturated carbocycles. The van der Waals surface area contributed by atoms with Crippen LogP contribution in [0.2, 0.25) is 5.02 Å². The summed E-state index contributed by atoms with van der Waals surface area (Å²) in [5.74, 6) is 0.0243. The van der Waals surface area contributed by atoms with Crippen molar-refractivity contribution in [2.75, 3.05) is 0 Å². The summed E-state index contributed by atoms with van der Waals surface area (Å²) < 4.78 is 27.2. The van der Waals surface area contributed by atoms with Gasteiger partial charge in [0.05, 0.1) is 9.79 Å². The molecular weight excluding hydrogens is 408 g/mol. The Hall–Kier alpha value is -2.96. The molecule has 0 fully saturated rings. The number of ketones is 1. The Morgan fingerprint density at radius 3 is 2.55 bits per heavy atom. The van der Waals surface area contributed by atoms with Crippen LogP contribution in [-0.4, -0.2) is 23.6 Å². The highest BCUT2D eigenvalue weighted by atomic mass is 35.5. The molecule has 4 aromatic rings. The number of carbonyl (C=O) groups excluding carboxylic acids is 1. The summed E-state index contributed by atoms with van der Waals surface area (Å²) in [6.07, 6.45) is 6.11. The summed E-state index contributed by atoms with van der Waals surface area (Å²) in [5, 5.41) is 0.370. The lowest BCUT2D eigenvalue weighted by molar-refractivity contribution is 0.0982. The predicted molar refractivity (Wildman–Crippen MR) is 111 cm³/mol. The fraction of sp³-hybridized carbons (Fsp3) is 0.0909. The number of halogens is 1. The Labute approximate surface area is 173 Å². The summed E-state index contributed by atoms with van der Waals surface area (Å²) >= 11 is 5.91. The summed E-state index contributed by atoms with van der Waals surface area (Å²) in [7, 11) is -3.63. The summed E-state index contributed by atoms with van der Waals surface area (Å²) in [5.41, 5.74) is 2.31. The van der Waals surface area contributed by atoms with Gasteiger partial charge in [-0.05, 0) is 54.4 Å². The zero-order chi connectivity index (χ0) is 20.4. The van der Waals surface area contributed by atoms with Gasteiger partial charge >= 0.3 is 0 Å². The first-order valence-corrected chi connectivity index (χ1v) is 10.9. The van der Waals surface area contributed by atoms with Gasteiger partial charge in [-0.25, -0.2) is 13.4 Å². The van der Waals surface area contributed by atoms with E-state index < -0.39 is 9.84 Å². The van der Waals surface area contributed by atoms with E-state index in [1.807, 2.05) is 10.5 Å². The molecule has 146 valence electrons. The lowest BCUT2D eigenvalue weighted by Gasteiger charge is -2.07. The van der Waals surface area contributed by atoms with Crippen LogP contribution in [0, 0.1) is 0 Å². The first kappa shape index (κ1) is 19.4. The van der Waals surface area contributed by atoms with Gasteiger partial charge in [-0.15, -0.1) is 0 Å². The van der Waals surface area contributed by atoms with Gasteiger partial charge in [-0.2, -0.15) is 0 Å². The number of aromatic nitrogens is 2. The second kappa shape index (κ2) is 7.81. The van der Waals surface area contributed by atoms with Crippen LogP contribution in [0.5, 0.6) is 0 Å². The van der Waals surface area contributed by atoms with Gasteiger partial charge in [0, 0.05) is 35.6 Å². The Morgan fingerprint density at radius 1 is 1.00 bits per heavy atom. The molecule has 0 atom stereocenters. The zero-order valence-electron chi connectivity index (χ0n) is 15.3. The maximum atomic E-state index is 12.7. The van der Waals surface area contributed by atoms with Crippen LogP contribution in [0.3, 0.4) is 0 Å². The third kappa shape index (κ3) is 4.09. The van der Waals surface area contributed by atoms with Crippen molar-refractivity contribution in [3.05, 3.63) is 95.4 Å². The number of Topliss-reactive ketones (excluding diaryl/α,β-unsaturated/α-hetero) is 1. The van der Waals surface area contributed by atoms with Gasteiger partial charge in [0.1, 0.15) is 5.65 Å². The third-order valence-corrected chi connectivity index (χ3v) is 6.69. The van der Waals surface area contributed by atoms with Crippen molar-refractivity contribution in [3.63, 3.8) is 0 Å². The topological polar surface area (TPSA) is 68.5 Å². The molecule has 0 spiro atoms. The Morgan fingerprint density at radius 2 is 1.79 bits per heavy atom. The van der Waals surface area contributed by atoms with Gasteiger partial charge in [-0.3, -0.25) is 4.79 Å². The molecule has 2 aromatic heterocycles. The van der Waals surface area contributed by atoms with E-state index in [0.717, 1.165) is 11.2 Å². The molecule has 5 nitrogen and oxygen atoms in total. The van der Waals surface area contributed by atoms with E-state index >= 15 is 0 Å². The molecular formula is C22H17ClN2O3S. The van der Waals surface area contributed by atoms with E-state index in [1.165, 1.54) is 12.1 Å². The van der Waals surface area contributed by atoms with E-state index in [1.54, 1.807) is 61.1 Å². The average molecular weight is 425 g/mol. The van der Waals surface area contributed by atoms with E-state index in [0.29, 0.717) is 23.4 Å². The predicted octanol–water partition coefficient (Wildman–Crippen LogP) is 4.64. The number of benzene rings is 2. The molecule has 0 N–H and O–H groups in total. The number of hydrogen-bond acceptors (Lipinski definition) is 4. The van der Waals surface area contributed by atoms with E-state index in [9.17, 15) is 13.2 Å². The van der Waals surface area contributed by atoms with Crippen molar-refractivity contribution in [2.45, 2.75) is 22.6 Å². The Kier molecular flexibility index (Phi) is 5.22. The third-order valence-electron chi connectivity index (χ3n) is 4.69.